The molecule has 2 rings (SSSR count). The normalized spacial score (nSPS) is 15.5. The minimum Gasteiger partial charge on any atom is -0.463 e. The van der Waals surface area contributed by atoms with Crippen molar-refractivity contribution in [1.29, 1.82) is 0 Å². The molecule has 1 aromatic rings. The van der Waals surface area contributed by atoms with E-state index in [2.05, 4.69) is 15.4 Å². The monoisotopic (exact) mass is 268 g/mol. The van der Waals surface area contributed by atoms with Crippen LogP contribution in [0.2, 0.25) is 0 Å². The molecular weight excluding hydrogens is 258 g/mol. The Morgan fingerprint density at radius 3 is 2.42 bits per heavy atom. The average Bonchev–Trinajstić information content (AvgIpc) is 2.33. The predicted octanol–water partition coefficient (Wildman–Crippen LogP) is 1.78. The fraction of sp³-hybridized carbons (Fsp3) is 0.167. The van der Waals surface area contributed by atoms with Crippen LogP contribution in [0.1, 0.15) is 6.92 Å². The van der Waals surface area contributed by atoms with Crippen LogP contribution in [0.4, 0.5) is 20.2 Å². The third kappa shape index (κ3) is 2.70. The van der Waals surface area contributed by atoms with Crippen LogP contribution in [0, 0.1) is 11.6 Å². The first-order chi connectivity index (χ1) is 9.01. The maximum Gasteiger partial charge on any atom is 0.333 e. The summed E-state index contributed by atoms with van der Waals surface area (Å²) in [5, 5.41) is 4.89. The molecule has 5 nitrogen and oxygen atoms in total. The van der Waals surface area contributed by atoms with E-state index in [1.165, 1.54) is 0 Å². The number of halogens is 2. The van der Waals surface area contributed by atoms with E-state index in [1.54, 1.807) is 6.92 Å². The summed E-state index contributed by atoms with van der Waals surface area (Å²) in [6.45, 7) is 1.79. The number of esters is 1. The van der Waals surface area contributed by atoms with Crippen molar-refractivity contribution in [2.75, 3.05) is 17.2 Å². The summed E-state index contributed by atoms with van der Waals surface area (Å²) in [6, 6.07) is 1.75. The molecule has 2 N–H and O–H groups in total. The Balaban J connectivity index is 2.31. The van der Waals surface area contributed by atoms with Gasteiger partial charge in [-0.1, -0.05) is 0 Å². The van der Waals surface area contributed by atoms with Crippen molar-refractivity contribution in [1.82, 2.24) is 0 Å². The van der Waals surface area contributed by atoms with Crippen molar-refractivity contribution < 1.29 is 23.1 Å². The number of anilines is 2. The molecule has 7 heteroatoms. The van der Waals surface area contributed by atoms with Crippen LogP contribution in [0.25, 0.3) is 0 Å². The highest BCUT2D eigenvalue weighted by atomic mass is 19.2. The molecule has 1 aromatic carbocycles. The number of ether oxygens (including phenoxy) is 1. The third-order valence-electron chi connectivity index (χ3n) is 2.37. The Bertz CT molecular complexity index is 585. The number of carbonyl (C=O) groups is 2. The zero-order chi connectivity index (χ0) is 14.0. The van der Waals surface area contributed by atoms with Crippen molar-refractivity contribution >= 4 is 23.3 Å². The van der Waals surface area contributed by atoms with E-state index in [1.807, 2.05) is 0 Å². The Morgan fingerprint density at radius 1 is 1.26 bits per heavy atom. The zero-order valence-electron chi connectivity index (χ0n) is 9.92. The number of hydrogen-bond acceptors (Lipinski definition) is 4. The van der Waals surface area contributed by atoms with Crippen molar-refractivity contribution in [2.24, 2.45) is 0 Å². The van der Waals surface area contributed by atoms with Gasteiger partial charge in [0.2, 0.25) is 0 Å². The van der Waals surface area contributed by atoms with Crippen molar-refractivity contribution in [3.63, 3.8) is 0 Å². The van der Waals surface area contributed by atoms with Crippen LogP contribution in [0.5, 0.6) is 0 Å². The number of fused-ring (bicyclic) bond motifs is 1. The molecule has 0 spiro atoms. The van der Waals surface area contributed by atoms with Crippen LogP contribution in [0.3, 0.4) is 0 Å². The number of carbonyl (C=O) groups excluding carboxylic acids is 2. The average molecular weight is 268 g/mol. The number of hydrogen-bond donors (Lipinski definition) is 2. The number of amides is 1. The molecule has 0 fully saturated rings. The van der Waals surface area contributed by atoms with Gasteiger partial charge in [-0.25, -0.2) is 13.6 Å². The van der Waals surface area contributed by atoms with Crippen LogP contribution in [0.15, 0.2) is 23.9 Å². The molecule has 0 bridgehead atoms. The molecule has 0 aliphatic carbocycles. The van der Waals surface area contributed by atoms with Crippen LogP contribution >= 0.6 is 0 Å². The first kappa shape index (κ1) is 13.0. The highest BCUT2D eigenvalue weighted by Gasteiger charge is 2.22. The highest BCUT2D eigenvalue weighted by molar-refractivity contribution is 6.13. The van der Waals surface area contributed by atoms with E-state index in [9.17, 15) is 18.4 Å². The maximum absolute atomic E-state index is 13.1. The molecule has 0 unspecified atom stereocenters. The molecule has 0 radical (unpaired) electrons. The second kappa shape index (κ2) is 5.05. The lowest BCUT2D eigenvalue weighted by Gasteiger charge is -2.21. The first-order valence-corrected chi connectivity index (χ1v) is 5.47. The first-order valence-electron chi connectivity index (χ1n) is 5.47. The van der Waals surface area contributed by atoms with E-state index in [0.717, 1.165) is 18.2 Å². The quantitative estimate of drug-likeness (QED) is 0.633. The molecule has 0 aromatic heterocycles. The molecule has 100 valence electrons. The second-order valence-corrected chi connectivity index (χ2v) is 3.70. The van der Waals surface area contributed by atoms with Gasteiger partial charge >= 0.3 is 5.97 Å². The van der Waals surface area contributed by atoms with E-state index in [4.69, 9.17) is 0 Å². The molecule has 0 atom stereocenters. The minimum atomic E-state index is -1.07. The molecule has 0 saturated carbocycles. The van der Waals surface area contributed by atoms with Crippen molar-refractivity contribution in [3.05, 3.63) is 35.5 Å². The molecule has 1 heterocycles. The summed E-state index contributed by atoms with van der Waals surface area (Å²) in [7, 11) is 0. The van der Waals surface area contributed by atoms with Gasteiger partial charge in [0.05, 0.1) is 24.1 Å². The zero-order valence-corrected chi connectivity index (χ0v) is 9.92. The standard InChI is InChI=1S/C12H10F2N2O3/c1-2-19-11(17)5-10-12(18)16-9-4-7(14)6(13)3-8(9)15-10/h3-5,15H,2H2,1H3,(H,16,18). The fourth-order valence-corrected chi connectivity index (χ4v) is 1.55. The fourth-order valence-electron chi connectivity index (χ4n) is 1.55. The molecule has 1 amide bonds. The number of rotatable bonds is 2. The van der Waals surface area contributed by atoms with Gasteiger partial charge in [0.15, 0.2) is 11.6 Å². The van der Waals surface area contributed by atoms with Gasteiger partial charge in [-0.2, -0.15) is 0 Å². The summed E-state index contributed by atoms with van der Waals surface area (Å²) in [4.78, 5) is 22.9. The highest BCUT2D eigenvalue weighted by Crippen LogP contribution is 2.30. The van der Waals surface area contributed by atoms with Crippen LogP contribution in [-0.4, -0.2) is 18.5 Å². The van der Waals surface area contributed by atoms with Gasteiger partial charge in [-0.3, -0.25) is 4.79 Å². The third-order valence-corrected chi connectivity index (χ3v) is 2.37. The van der Waals surface area contributed by atoms with Gasteiger partial charge in [0, 0.05) is 12.1 Å². The Labute approximate surface area is 107 Å². The summed E-state index contributed by atoms with van der Waals surface area (Å²) in [5.74, 6) is -3.46. The van der Waals surface area contributed by atoms with E-state index in [0.29, 0.717) is 0 Å². The lowest BCUT2D eigenvalue weighted by atomic mass is 10.2. The van der Waals surface area contributed by atoms with Gasteiger partial charge in [0.1, 0.15) is 5.70 Å². The van der Waals surface area contributed by atoms with Gasteiger partial charge in [0.25, 0.3) is 5.91 Å². The van der Waals surface area contributed by atoms with Crippen LogP contribution in [-0.2, 0) is 14.3 Å². The molecular formula is C12H10F2N2O3. The van der Waals surface area contributed by atoms with E-state index in [-0.39, 0.29) is 23.7 Å². The van der Waals surface area contributed by atoms with E-state index < -0.39 is 23.5 Å². The van der Waals surface area contributed by atoms with Crippen molar-refractivity contribution in [2.45, 2.75) is 6.92 Å². The minimum absolute atomic E-state index is 0.100. The van der Waals surface area contributed by atoms with Gasteiger partial charge in [-0.15, -0.1) is 0 Å². The summed E-state index contributed by atoms with van der Waals surface area (Å²) in [6.07, 6.45) is 0.947. The SMILES string of the molecule is CCOC(=O)C=C1Nc2cc(F)c(F)cc2NC1=O. The largest absolute Gasteiger partial charge is 0.463 e. The Morgan fingerprint density at radius 2 is 1.84 bits per heavy atom. The summed E-state index contributed by atoms with van der Waals surface area (Å²) >= 11 is 0. The number of benzene rings is 1. The smallest absolute Gasteiger partial charge is 0.333 e. The van der Waals surface area contributed by atoms with Gasteiger partial charge in [-0.05, 0) is 6.92 Å². The van der Waals surface area contributed by atoms with E-state index >= 15 is 0 Å². The Kier molecular flexibility index (Phi) is 3.46. The maximum atomic E-state index is 13.1. The molecule has 19 heavy (non-hydrogen) atoms. The molecule has 0 saturated heterocycles. The second-order valence-electron chi connectivity index (χ2n) is 3.70. The van der Waals surface area contributed by atoms with Gasteiger partial charge < -0.3 is 15.4 Å². The lowest BCUT2D eigenvalue weighted by molar-refractivity contribution is -0.137. The van der Waals surface area contributed by atoms with Crippen molar-refractivity contribution in [3.8, 4) is 0 Å². The molecule has 1 aliphatic heterocycles. The number of nitrogens with one attached hydrogen (secondary N) is 2. The summed E-state index contributed by atoms with van der Waals surface area (Å²) in [5.41, 5.74) is 0.163. The Hall–Kier alpha value is -2.44. The lowest BCUT2D eigenvalue weighted by Crippen LogP contribution is -2.26. The molecule has 1 aliphatic rings. The predicted molar refractivity (Wildman–Crippen MR) is 63.3 cm³/mol. The van der Waals surface area contributed by atoms with Crippen LogP contribution < -0.4 is 10.6 Å². The topological polar surface area (TPSA) is 67.4 Å². The summed E-state index contributed by atoms with van der Waals surface area (Å²) < 4.78 is 30.7.